The van der Waals surface area contributed by atoms with E-state index in [9.17, 15) is 0 Å². The van der Waals surface area contributed by atoms with E-state index in [4.69, 9.17) is 10.5 Å². The van der Waals surface area contributed by atoms with Crippen molar-refractivity contribution in [2.75, 3.05) is 0 Å². The first-order valence-corrected chi connectivity index (χ1v) is 7.05. The summed E-state index contributed by atoms with van der Waals surface area (Å²) in [5, 5.41) is 0. The normalized spacial score (nSPS) is 16.2. The van der Waals surface area contributed by atoms with Gasteiger partial charge in [-0.1, -0.05) is 24.3 Å². The maximum absolute atomic E-state index is 6.63. The molecule has 2 N–H and O–H groups in total. The van der Waals surface area contributed by atoms with Crippen molar-refractivity contribution in [3.05, 3.63) is 59.4 Å². The van der Waals surface area contributed by atoms with Gasteiger partial charge in [0, 0.05) is 6.20 Å². The molecule has 0 aliphatic heterocycles. The van der Waals surface area contributed by atoms with Gasteiger partial charge in [0.1, 0.15) is 5.75 Å². The third-order valence-electron chi connectivity index (χ3n) is 3.79. The first-order chi connectivity index (χ1) is 9.57. The van der Waals surface area contributed by atoms with E-state index in [2.05, 4.69) is 29.2 Å². The van der Waals surface area contributed by atoms with Crippen LogP contribution in [0.3, 0.4) is 0 Å². The number of benzene rings is 1. The number of nitrogens with zero attached hydrogens (tertiary/aromatic N) is 1. The second kappa shape index (κ2) is 4.91. The Kier molecular flexibility index (Phi) is 3.22. The van der Waals surface area contributed by atoms with Crippen LogP contribution in [0, 0.1) is 0 Å². The van der Waals surface area contributed by atoms with Crippen LogP contribution in [0.15, 0.2) is 42.7 Å². The smallest absolute Gasteiger partial charge is 0.138 e. The zero-order valence-corrected chi connectivity index (χ0v) is 12.0. The fourth-order valence-corrected chi connectivity index (χ4v) is 2.88. The lowest BCUT2D eigenvalue weighted by Gasteiger charge is -2.24. The Morgan fingerprint density at radius 3 is 2.40 bits per heavy atom. The van der Waals surface area contributed by atoms with E-state index < -0.39 is 0 Å². The molecule has 0 radical (unpaired) electrons. The zero-order valence-electron chi connectivity index (χ0n) is 12.0. The molecule has 0 spiro atoms. The highest BCUT2D eigenvalue weighted by Gasteiger charge is 2.35. The van der Waals surface area contributed by atoms with Crippen molar-refractivity contribution < 1.29 is 4.74 Å². The third-order valence-corrected chi connectivity index (χ3v) is 3.79. The third kappa shape index (κ3) is 2.41. The van der Waals surface area contributed by atoms with E-state index in [1.807, 2.05) is 26.1 Å². The Balaban J connectivity index is 1.90. The molecule has 0 saturated heterocycles. The van der Waals surface area contributed by atoms with Gasteiger partial charge in [0.25, 0.3) is 0 Å². The van der Waals surface area contributed by atoms with Crippen molar-refractivity contribution in [2.24, 2.45) is 5.73 Å². The maximum atomic E-state index is 6.63. The van der Waals surface area contributed by atoms with Crippen molar-refractivity contribution in [2.45, 2.75) is 38.3 Å². The van der Waals surface area contributed by atoms with Crippen molar-refractivity contribution in [3.63, 3.8) is 0 Å². The van der Waals surface area contributed by atoms with Crippen molar-refractivity contribution in [1.82, 2.24) is 4.98 Å². The summed E-state index contributed by atoms with van der Waals surface area (Å²) in [5.41, 5.74) is 9.99. The van der Waals surface area contributed by atoms with Crippen LogP contribution in [0.25, 0.3) is 0 Å². The number of hydrogen-bond donors (Lipinski definition) is 1. The van der Waals surface area contributed by atoms with Gasteiger partial charge in [-0.05, 0) is 49.4 Å². The standard InChI is InChI=1S/C17H20N2O/c1-12(2)20-16-7-15(10-19-11-16)17(18)8-13-5-3-4-6-14(13)9-17/h3-7,10-12H,8-9,18H2,1-2H3. The van der Waals surface area contributed by atoms with Gasteiger partial charge in [0.2, 0.25) is 0 Å². The minimum absolute atomic E-state index is 0.140. The molecule has 0 atom stereocenters. The topological polar surface area (TPSA) is 48.1 Å². The Morgan fingerprint density at radius 1 is 1.15 bits per heavy atom. The fourth-order valence-electron chi connectivity index (χ4n) is 2.88. The summed E-state index contributed by atoms with van der Waals surface area (Å²) >= 11 is 0. The number of pyridine rings is 1. The second-order valence-electron chi connectivity index (χ2n) is 5.85. The van der Waals surface area contributed by atoms with Crippen molar-refractivity contribution >= 4 is 0 Å². The molecule has 1 aromatic carbocycles. The first-order valence-electron chi connectivity index (χ1n) is 7.05. The monoisotopic (exact) mass is 268 g/mol. The van der Waals surface area contributed by atoms with Gasteiger partial charge in [-0.25, -0.2) is 0 Å². The molecule has 20 heavy (non-hydrogen) atoms. The number of rotatable bonds is 3. The number of nitrogens with two attached hydrogens (primary N) is 1. The Labute approximate surface area is 119 Å². The van der Waals surface area contributed by atoms with Crippen LogP contribution in [0.5, 0.6) is 5.75 Å². The lowest BCUT2D eigenvalue weighted by Crippen LogP contribution is -2.37. The second-order valence-corrected chi connectivity index (χ2v) is 5.85. The molecule has 1 aliphatic rings. The van der Waals surface area contributed by atoms with Gasteiger partial charge in [0.15, 0.2) is 0 Å². The SMILES string of the molecule is CC(C)Oc1cncc(C2(N)Cc3ccccc3C2)c1. The summed E-state index contributed by atoms with van der Waals surface area (Å²) < 4.78 is 5.72. The van der Waals surface area contributed by atoms with Gasteiger partial charge in [0.05, 0.1) is 17.8 Å². The van der Waals surface area contributed by atoms with Crippen LogP contribution >= 0.6 is 0 Å². The summed E-state index contributed by atoms with van der Waals surface area (Å²) in [7, 11) is 0. The fraction of sp³-hybridized carbons (Fsp3) is 0.353. The quantitative estimate of drug-likeness (QED) is 0.931. The summed E-state index contributed by atoms with van der Waals surface area (Å²) in [6, 6.07) is 10.5. The Hall–Kier alpha value is -1.87. The van der Waals surface area contributed by atoms with E-state index in [-0.39, 0.29) is 11.6 Å². The van der Waals surface area contributed by atoms with E-state index in [0.717, 1.165) is 24.2 Å². The zero-order chi connectivity index (χ0) is 14.2. The first kappa shape index (κ1) is 13.1. The molecule has 0 fully saturated rings. The number of aromatic nitrogens is 1. The van der Waals surface area contributed by atoms with Gasteiger partial charge in [-0.2, -0.15) is 0 Å². The molecule has 2 aromatic rings. The molecule has 0 unspecified atom stereocenters. The van der Waals surface area contributed by atoms with Crippen LogP contribution in [0.2, 0.25) is 0 Å². The lowest BCUT2D eigenvalue weighted by molar-refractivity contribution is 0.240. The highest BCUT2D eigenvalue weighted by molar-refractivity contribution is 5.41. The average molecular weight is 268 g/mol. The molecule has 0 bridgehead atoms. The van der Waals surface area contributed by atoms with E-state index in [0.29, 0.717) is 0 Å². The predicted octanol–water partition coefficient (Wildman–Crippen LogP) is 2.82. The van der Waals surface area contributed by atoms with E-state index in [1.165, 1.54) is 11.1 Å². The molecule has 1 aliphatic carbocycles. The summed E-state index contributed by atoms with van der Waals surface area (Å²) in [6.45, 7) is 4.02. The molecular weight excluding hydrogens is 248 g/mol. The minimum atomic E-state index is -0.368. The molecule has 0 amide bonds. The molecule has 0 saturated carbocycles. The lowest BCUT2D eigenvalue weighted by atomic mass is 9.89. The Bertz CT molecular complexity index is 597. The van der Waals surface area contributed by atoms with Crippen molar-refractivity contribution in [1.29, 1.82) is 0 Å². The molecule has 1 aromatic heterocycles. The summed E-state index contributed by atoms with van der Waals surface area (Å²) in [4.78, 5) is 4.29. The summed E-state index contributed by atoms with van der Waals surface area (Å²) in [5.74, 6) is 0.790. The molecule has 3 nitrogen and oxygen atoms in total. The van der Waals surface area contributed by atoms with Gasteiger partial charge < -0.3 is 10.5 Å². The van der Waals surface area contributed by atoms with E-state index >= 15 is 0 Å². The highest BCUT2D eigenvalue weighted by atomic mass is 16.5. The van der Waals surface area contributed by atoms with Gasteiger partial charge >= 0.3 is 0 Å². The molecule has 1 heterocycles. The maximum Gasteiger partial charge on any atom is 0.138 e. The van der Waals surface area contributed by atoms with Crippen molar-refractivity contribution in [3.8, 4) is 5.75 Å². The number of fused-ring (bicyclic) bond motifs is 1. The van der Waals surface area contributed by atoms with Gasteiger partial charge in [-0.3, -0.25) is 4.98 Å². The highest BCUT2D eigenvalue weighted by Crippen LogP contribution is 2.36. The van der Waals surface area contributed by atoms with Crippen LogP contribution in [0.1, 0.15) is 30.5 Å². The molecular formula is C17H20N2O. The largest absolute Gasteiger partial charge is 0.489 e. The predicted molar refractivity (Wildman–Crippen MR) is 79.7 cm³/mol. The Morgan fingerprint density at radius 2 is 1.80 bits per heavy atom. The molecule has 104 valence electrons. The minimum Gasteiger partial charge on any atom is -0.489 e. The van der Waals surface area contributed by atoms with Crippen LogP contribution in [-0.4, -0.2) is 11.1 Å². The average Bonchev–Trinajstić information content (AvgIpc) is 2.76. The van der Waals surface area contributed by atoms with Crippen LogP contribution < -0.4 is 10.5 Å². The summed E-state index contributed by atoms with van der Waals surface area (Å²) in [6.07, 6.45) is 5.46. The number of ether oxygens (including phenoxy) is 1. The molecule has 3 heteroatoms. The van der Waals surface area contributed by atoms with Gasteiger partial charge in [-0.15, -0.1) is 0 Å². The molecule has 3 rings (SSSR count). The number of hydrogen-bond acceptors (Lipinski definition) is 3. The van der Waals surface area contributed by atoms with Crippen LogP contribution in [0.4, 0.5) is 0 Å². The van der Waals surface area contributed by atoms with E-state index in [1.54, 1.807) is 6.20 Å². The van der Waals surface area contributed by atoms with Crippen LogP contribution in [-0.2, 0) is 18.4 Å².